The molecule has 0 saturated carbocycles. The van der Waals surface area contributed by atoms with Gasteiger partial charge in [0.05, 0.1) is 11.4 Å². The Hall–Kier alpha value is -1.59. The molecular formula is C16H16NO4PS. The van der Waals surface area contributed by atoms with Crippen molar-refractivity contribution in [2.45, 2.75) is 9.79 Å². The molecule has 2 aromatic rings. The molecular weight excluding hydrogens is 333 g/mol. The van der Waals surface area contributed by atoms with Crippen LogP contribution < -0.4 is 4.90 Å². The third-order valence-electron chi connectivity index (χ3n) is 3.57. The minimum absolute atomic E-state index is 0.312. The molecule has 0 aromatic heterocycles. The van der Waals surface area contributed by atoms with Crippen LogP contribution in [0.4, 0.5) is 11.4 Å². The average Bonchev–Trinajstić information content (AvgIpc) is 2.59. The summed E-state index contributed by atoms with van der Waals surface area (Å²) in [7, 11) is -0.859. The molecule has 0 N–H and O–H groups in total. The van der Waals surface area contributed by atoms with E-state index in [4.69, 9.17) is 9.05 Å². The molecule has 23 heavy (non-hydrogen) atoms. The highest BCUT2D eigenvalue weighted by molar-refractivity contribution is 7.99. The zero-order valence-corrected chi connectivity index (χ0v) is 14.5. The van der Waals surface area contributed by atoms with Gasteiger partial charge in [0.15, 0.2) is 0 Å². The number of fused-ring (bicyclic) bond motifs is 2. The Balaban J connectivity index is 2.05. The number of nitrogens with zero attached hydrogens (tertiary/aromatic N) is 1. The van der Waals surface area contributed by atoms with E-state index in [-0.39, 0.29) is 12.1 Å². The van der Waals surface area contributed by atoms with E-state index in [9.17, 15) is 9.36 Å². The molecule has 2 aromatic carbocycles. The lowest BCUT2D eigenvalue weighted by molar-refractivity contribution is -0.115. The van der Waals surface area contributed by atoms with Crippen molar-refractivity contribution in [3.8, 4) is 0 Å². The molecule has 1 amide bonds. The molecule has 0 fully saturated rings. The SMILES string of the molecule is COP(=O)(CC(=O)N1c2ccccc2Sc2ccccc21)OC. The van der Waals surface area contributed by atoms with Crippen LogP contribution in [0, 0.1) is 0 Å². The lowest BCUT2D eigenvalue weighted by atomic mass is 10.2. The summed E-state index contributed by atoms with van der Waals surface area (Å²) in [6, 6.07) is 15.3. The fraction of sp³-hybridized carbons (Fsp3) is 0.188. The number of benzene rings is 2. The van der Waals surface area contributed by atoms with E-state index in [1.807, 2.05) is 48.5 Å². The molecule has 3 rings (SSSR count). The first-order valence-corrected chi connectivity index (χ1v) is 9.52. The highest BCUT2D eigenvalue weighted by Crippen LogP contribution is 2.51. The zero-order chi connectivity index (χ0) is 16.4. The van der Waals surface area contributed by atoms with Gasteiger partial charge in [-0.1, -0.05) is 36.0 Å². The van der Waals surface area contributed by atoms with Crippen molar-refractivity contribution in [1.82, 2.24) is 0 Å². The summed E-state index contributed by atoms with van der Waals surface area (Å²) < 4.78 is 22.1. The molecule has 0 saturated heterocycles. The third kappa shape index (κ3) is 3.08. The van der Waals surface area contributed by atoms with Gasteiger partial charge in [-0.2, -0.15) is 0 Å². The molecule has 0 aliphatic carbocycles. The lowest BCUT2D eigenvalue weighted by Crippen LogP contribution is -2.31. The molecule has 5 nitrogen and oxygen atoms in total. The smallest absolute Gasteiger partial charge is 0.312 e. The number of para-hydroxylation sites is 2. The molecule has 1 aliphatic rings. The Morgan fingerprint density at radius 3 is 1.96 bits per heavy atom. The van der Waals surface area contributed by atoms with Crippen LogP contribution in [0.3, 0.4) is 0 Å². The number of rotatable bonds is 4. The largest absolute Gasteiger partial charge is 0.339 e. The molecule has 0 unspecified atom stereocenters. The standard InChI is InChI=1S/C16H16NO4PS/c1-20-22(19,21-2)11-16(18)17-12-7-3-5-9-14(12)23-15-10-6-4-8-13(15)17/h3-10H,11H2,1-2H3. The van der Waals surface area contributed by atoms with Crippen LogP contribution in [-0.4, -0.2) is 26.3 Å². The second-order valence-electron chi connectivity index (χ2n) is 4.90. The summed E-state index contributed by atoms with van der Waals surface area (Å²) in [6.07, 6.45) is -0.312. The van der Waals surface area contributed by atoms with E-state index in [1.54, 1.807) is 16.7 Å². The van der Waals surface area contributed by atoms with Gasteiger partial charge in [-0.05, 0) is 24.3 Å². The van der Waals surface area contributed by atoms with Crippen molar-refractivity contribution < 1.29 is 18.4 Å². The van der Waals surface area contributed by atoms with Gasteiger partial charge in [0.25, 0.3) is 0 Å². The Kier molecular flexibility index (Phi) is 4.60. The topological polar surface area (TPSA) is 55.8 Å². The Morgan fingerprint density at radius 2 is 1.48 bits per heavy atom. The quantitative estimate of drug-likeness (QED) is 0.770. The summed E-state index contributed by atoms with van der Waals surface area (Å²) in [5.41, 5.74) is 1.56. The number of hydrogen-bond donors (Lipinski definition) is 0. The van der Waals surface area contributed by atoms with Crippen molar-refractivity contribution in [1.29, 1.82) is 0 Å². The van der Waals surface area contributed by atoms with Gasteiger partial charge in [-0.25, -0.2) is 0 Å². The minimum Gasteiger partial charge on any atom is -0.312 e. The van der Waals surface area contributed by atoms with E-state index in [2.05, 4.69) is 0 Å². The molecule has 1 aliphatic heterocycles. The van der Waals surface area contributed by atoms with Crippen molar-refractivity contribution in [3.63, 3.8) is 0 Å². The number of carbonyl (C=O) groups is 1. The van der Waals surface area contributed by atoms with Crippen LogP contribution in [0.2, 0.25) is 0 Å². The maximum absolute atomic E-state index is 12.8. The monoisotopic (exact) mass is 349 g/mol. The van der Waals surface area contributed by atoms with Crippen LogP contribution in [0.25, 0.3) is 0 Å². The van der Waals surface area contributed by atoms with Gasteiger partial charge in [-0.15, -0.1) is 0 Å². The lowest BCUT2D eigenvalue weighted by Gasteiger charge is -2.31. The van der Waals surface area contributed by atoms with Crippen LogP contribution in [0.5, 0.6) is 0 Å². The van der Waals surface area contributed by atoms with E-state index in [0.717, 1.165) is 21.2 Å². The minimum atomic E-state index is -3.43. The zero-order valence-electron chi connectivity index (χ0n) is 12.8. The van der Waals surface area contributed by atoms with Crippen molar-refractivity contribution >= 4 is 36.6 Å². The summed E-state index contributed by atoms with van der Waals surface area (Å²) in [6.45, 7) is 0. The highest BCUT2D eigenvalue weighted by atomic mass is 32.2. The molecule has 0 spiro atoms. The molecule has 0 radical (unpaired) electrons. The maximum Gasteiger partial charge on any atom is 0.339 e. The van der Waals surface area contributed by atoms with Crippen LogP contribution in [0.1, 0.15) is 0 Å². The predicted molar refractivity (Wildman–Crippen MR) is 90.6 cm³/mol. The van der Waals surface area contributed by atoms with E-state index in [0.29, 0.717) is 0 Å². The van der Waals surface area contributed by atoms with Gasteiger partial charge in [0, 0.05) is 24.0 Å². The van der Waals surface area contributed by atoms with Crippen molar-refractivity contribution in [3.05, 3.63) is 48.5 Å². The number of amides is 1. The Labute approximate surface area is 139 Å². The molecule has 1 heterocycles. The first kappa shape index (κ1) is 16.3. The van der Waals surface area contributed by atoms with Crippen molar-refractivity contribution in [2.24, 2.45) is 0 Å². The fourth-order valence-electron chi connectivity index (χ4n) is 2.41. The van der Waals surface area contributed by atoms with Crippen LogP contribution in [-0.2, 0) is 18.4 Å². The van der Waals surface area contributed by atoms with Gasteiger partial charge in [0.1, 0.15) is 6.16 Å². The van der Waals surface area contributed by atoms with Gasteiger partial charge < -0.3 is 9.05 Å². The summed E-state index contributed by atoms with van der Waals surface area (Å²) in [4.78, 5) is 16.4. The van der Waals surface area contributed by atoms with E-state index >= 15 is 0 Å². The molecule has 0 bridgehead atoms. The summed E-state index contributed by atoms with van der Waals surface area (Å²) in [5, 5.41) is 0. The Morgan fingerprint density at radius 1 is 1.00 bits per heavy atom. The maximum atomic E-state index is 12.8. The summed E-state index contributed by atoms with van der Waals surface area (Å²) in [5.74, 6) is -0.322. The van der Waals surface area contributed by atoms with Crippen LogP contribution >= 0.6 is 19.4 Å². The number of anilines is 2. The summed E-state index contributed by atoms with van der Waals surface area (Å²) >= 11 is 1.61. The fourth-order valence-corrected chi connectivity index (χ4v) is 4.35. The van der Waals surface area contributed by atoms with E-state index < -0.39 is 7.60 Å². The molecule has 120 valence electrons. The van der Waals surface area contributed by atoms with Gasteiger partial charge in [-0.3, -0.25) is 14.3 Å². The number of carbonyl (C=O) groups excluding carboxylic acids is 1. The van der Waals surface area contributed by atoms with Crippen LogP contribution in [0.15, 0.2) is 58.3 Å². The predicted octanol–water partition coefficient (Wildman–Crippen LogP) is 4.30. The number of hydrogen-bond acceptors (Lipinski definition) is 5. The average molecular weight is 349 g/mol. The van der Waals surface area contributed by atoms with Crippen molar-refractivity contribution in [2.75, 3.05) is 25.3 Å². The van der Waals surface area contributed by atoms with Gasteiger partial charge in [0.2, 0.25) is 5.91 Å². The third-order valence-corrected chi connectivity index (χ3v) is 6.47. The second kappa shape index (κ2) is 6.49. The first-order valence-electron chi connectivity index (χ1n) is 6.97. The van der Waals surface area contributed by atoms with Gasteiger partial charge >= 0.3 is 7.60 Å². The molecule has 0 atom stereocenters. The normalized spacial score (nSPS) is 13.4. The second-order valence-corrected chi connectivity index (χ2v) is 8.25. The first-order chi connectivity index (χ1) is 11.1. The highest BCUT2D eigenvalue weighted by Gasteiger charge is 2.33. The Bertz CT molecular complexity index is 742. The van der Waals surface area contributed by atoms with E-state index in [1.165, 1.54) is 14.2 Å². The molecule has 7 heteroatoms.